The molecule has 0 radical (unpaired) electrons. The van der Waals surface area contributed by atoms with Crippen LogP contribution < -0.4 is 10.6 Å². The molecule has 0 amide bonds. The van der Waals surface area contributed by atoms with Crippen LogP contribution in [0.15, 0.2) is 53.5 Å². The molecule has 1 spiro atoms. The van der Waals surface area contributed by atoms with Gasteiger partial charge in [-0.25, -0.2) is 0 Å². The molecule has 2 aliphatic rings. The van der Waals surface area contributed by atoms with Crippen LogP contribution in [-0.4, -0.2) is 18.9 Å². The predicted molar refractivity (Wildman–Crippen MR) is 101 cm³/mol. The third-order valence-electron chi connectivity index (χ3n) is 5.59. The number of alkyl halides is 3. The van der Waals surface area contributed by atoms with Crippen LogP contribution in [0.25, 0.3) is 0 Å². The number of piperidine rings is 1. The number of halogens is 3. The highest BCUT2D eigenvalue weighted by atomic mass is 19.4. The Morgan fingerprint density at radius 2 is 1.67 bits per heavy atom. The van der Waals surface area contributed by atoms with Crippen molar-refractivity contribution < 1.29 is 13.2 Å². The molecule has 142 valence electrons. The van der Waals surface area contributed by atoms with Gasteiger partial charge in [-0.15, -0.1) is 0 Å². The number of hydrogen-bond acceptors (Lipinski definition) is 2. The summed E-state index contributed by atoms with van der Waals surface area (Å²) in [5.41, 5.74) is 1.72. The summed E-state index contributed by atoms with van der Waals surface area (Å²) in [4.78, 5) is 4.68. The van der Waals surface area contributed by atoms with Crippen molar-refractivity contribution in [3.8, 4) is 0 Å². The monoisotopic (exact) mass is 373 g/mol. The predicted octanol–water partition coefficient (Wildman–Crippen LogP) is 4.64. The van der Waals surface area contributed by atoms with E-state index in [-0.39, 0.29) is 17.5 Å². The largest absolute Gasteiger partial charge is 0.416 e. The SMILES string of the molecule is FC(F)(F)c1ccccc1CN=C1Nc2ccccc2CC12CCNCC2. The van der Waals surface area contributed by atoms with Gasteiger partial charge in [-0.3, -0.25) is 4.99 Å². The van der Waals surface area contributed by atoms with Crippen molar-refractivity contribution >= 4 is 11.5 Å². The smallest absolute Gasteiger partial charge is 0.343 e. The van der Waals surface area contributed by atoms with Gasteiger partial charge in [0.15, 0.2) is 0 Å². The van der Waals surface area contributed by atoms with Gasteiger partial charge in [-0.1, -0.05) is 36.4 Å². The molecule has 0 atom stereocenters. The van der Waals surface area contributed by atoms with Crippen molar-refractivity contribution in [3.63, 3.8) is 0 Å². The van der Waals surface area contributed by atoms with Crippen LogP contribution in [0.3, 0.4) is 0 Å². The van der Waals surface area contributed by atoms with E-state index in [9.17, 15) is 13.2 Å². The number of nitrogens with zero attached hydrogens (tertiary/aromatic N) is 1. The molecule has 2 aliphatic heterocycles. The molecule has 0 saturated carbocycles. The third kappa shape index (κ3) is 3.58. The molecule has 0 bridgehead atoms. The minimum atomic E-state index is -4.37. The number of aliphatic imine (C=N–C) groups is 1. The van der Waals surface area contributed by atoms with Gasteiger partial charge in [0.05, 0.1) is 12.1 Å². The number of fused-ring (bicyclic) bond motifs is 1. The lowest BCUT2D eigenvalue weighted by molar-refractivity contribution is -0.138. The Morgan fingerprint density at radius 3 is 2.44 bits per heavy atom. The summed E-state index contributed by atoms with van der Waals surface area (Å²) in [6, 6.07) is 13.8. The van der Waals surface area contributed by atoms with Gasteiger partial charge in [0.2, 0.25) is 0 Å². The van der Waals surface area contributed by atoms with E-state index in [1.165, 1.54) is 17.7 Å². The lowest BCUT2D eigenvalue weighted by Crippen LogP contribution is -2.48. The van der Waals surface area contributed by atoms with Crippen molar-refractivity contribution in [2.75, 3.05) is 18.4 Å². The zero-order valence-electron chi connectivity index (χ0n) is 14.9. The van der Waals surface area contributed by atoms with Crippen LogP contribution in [0.2, 0.25) is 0 Å². The van der Waals surface area contributed by atoms with Gasteiger partial charge in [0.1, 0.15) is 5.84 Å². The minimum absolute atomic E-state index is 0.0232. The topological polar surface area (TPSA) is 36.4 Å². The zero-order chi connectivity index (χ0) is 18.9. The Kier molecular flexibility index (Phi) is 4.68. The second kappa shape index (κ2) is 7.00. The summed E-state index contributed by atoms with van der Waals surface area (Å²) in [5, 5.41) is 6.80. The van der Waals surface area contributed by atoms with Crippen molar-refractivity contribution in [1.29, 1.82) is 0 Å². The fourth-order valence-electron chi connectivity index (χ4n) is 4.13. The Bertz CT molecular complexity index is 852. The standard InChI is InChI=1S/C21H22F3N3/c22-21(23,24)17-7-3-1-6-16(17)14-26-19-20(9-11-25-12-10-20)13-15-5-2-4-8-18(15)27-19/h1-8,25H,9-14H2,(H,26,27). The van der Waals surface area contributed by atoms with Crippen LogP contribution >= 0.6 is 0 Å². The molecule has 1 fully saturated rings. The van der Waals surface area contributed by atoms with E-state index < -0.39 is 11.7 Å². The summed E-state index contributed by atoms with van der Waals surface area (Å²) >= 11 is 0. The quantitative estimate of drug-likeness (QED) is 0.804. The molecule has 4 rings (SSSR count). The van der Waals surface area contributed by atoms with E-state index in [1.54, 1.807) is 6.07 Å². The van der Waals surface area contributed by atoms with Gasteiger partial charge in [-0.2, -0.15) is 13.2 Å². The molecule has 1 saturated heterocycles. The number of benzene rings is 2. The van der Waals surface area contributed by atoms with Crippen molar-refractivity contribution in [3.05, 3.63) is 65.2 Å². The van der Waals surface area contributed by atoms with E-state index in [0.29, 0.717) is 0 Å². The Hall–Kier alpha value is -2.34. The van der Waals surface area contributed by atoms with Gasteiger partial charge < -0.3 is 10.6 Å². The minimum Gasteiger partial charge on any atom is -0.343 e. The molecule has 3 nitrogen and oxygen atoms in total. The first-order valence-corrected chi connectivity index (χ1v) is 9.24. The molecule has 27 heavy (non-hydrogen) atoms. The Morgan fingerprint density at radius 1 is 0.963 bits per heavy atom. The maximum Gasteiger partial charge on any atom is 0.416 e. The molecule has 0 unspecified atom stereocenters. The second-order valence-electron chi connectivity index (χ2n) is 7.31. The molecule has 0 aliphatic carbocycles. The molecular formula is C21H22F3N3. The number of anilines is 1. The second-order valence-corrected chi connectivity index (χ2v) is 7.31. The molecular weight excluding hydrogens is 351 g/mol. The summed E-state index contributed by atoms with van der Waals surface area (Å²) in [6.07, 6.45) is -1.64. The Balaban J connectivity index is 1.69. The molecule has 2 N–H and O–H groups in total. The van der Waals surface area contributed by atoms with Crippen LogP contribution in [-0.2, 0) is 19.1 Å². The summed E-state index contributed by atoms with van der Waals surface area (Å²) in [7, 11) is 0. The number of nitrogens with one attached hydrogen (secondary N) is 2. The third-order valence-corrected chi connectivity index (χ3v) is 5.59. The van der Waals surface area contributed by atoms with Gasteiger partial charge in [-0.05, 0) is 55.6 Å². The van der Waals surface area contributed by atoms with E-state index in [0.717, 1.165) is 49.9 Å². The maximum atomic E-state index is 13.3. The van der Waals surface area contributed by atoms with Gasteiger partial charge >= 0.3 is 6.18 Å². The highest BCUT2D eigenvalue weighted by Gasteiger charge is 2.41. The van der Waals surface area contributed by atoms with Crippen molar-refractivity contribution in [2.24, 2.45) is 10.4 Å². The van der Waals surface area contributed by atoms with Gasteiger partial charge in [0, 0.05) is 11.1 Å². The fraction of sp³-hybridized carbons (Fsp3) is 0.381. The first-order valence-electron chi connectivity index (χ1n) is 9.24. The van der Waals surface area contributed by atoms with E-state index >= 15 is 0 Å². The zero-order valence-corrected chi connectivity index (χ0v) is 14.9. The fourth-order valence-corrected chi connectivity index (χ4v) is 4.13. The lowest BCUT2D eigenvalue weighted by atomic mass is 9.71. The average molecular weight is 373 g/mol. The summed E-state index contributed by atoms with van der Waals surface area (Å²) < 4.78 is 39.9. The average Bonchev–Trinajstić information content (AvgIpc) is 2.66. The summed E-state index contributed by atoms with van der Waals surface area (Å²) in [5.74, 6) is 0.819. The van der Waals surface area contributed by atoms with Crippen molar-refractivity contribution in [2.45, 2.75) is 32.0 Å². The van der Waals surface area contributed by atoms with Crippen molar-refractivity contribution in [1.82, 2.24) is 5.32 Å². The molecule has 2 aromatic carbocycles. The maximum absolute atomic E-state index is 13.3. The molecule has 2 aromatic rings. The normalized spacial score (nSPS) is 20.3. The number of para-hydroxylation sites is 1. The lowest BCUT2D eigenvalue weighted by Gasteiger charge is -2.43. The van der Waals surface area contributed by atoms with Crippen LogP contribution in [0.4, 0.5) is 18.9 Å². The van der Waals surface area contributed by atoms with E-state index in [1.807, 2.05) is 18.2 Å². The van der Waals surface area contributed by atoms with E-state index in [4.69, 9.17) is 0 Å². The first-order chi connectivity index (χ1) is 13.0. The van der Waals surface area contributed by atoms with Crippen LogP contribution in [0.5, 0.6) is 0 Å². The van der Waals surface area contributed by atoms with Crippen LogP contribution in [0, 0.1) is 5.41 Å². The highest BCUT2D eigenvalue weighted by Crippen LogP contribution is 2.41. The summed E-state index contributed by atoms with van der Waals surface area (Å²) in [6.45, 7) is 1.80. The molecule has 2 heterocycles. The molecule has 6 heteroatoms. The number of rotatable bonds is 2. The van der Waals surface area contributed by atoms with Crippen LogP contribution in [0.1, 0.15) is 29.5 Å². The Labute approximate surface area is 156 Å². The van der Waals surface area contributed by atoms with Gasteiger partial charge in [0.25, 0.3) is 0 Å². The first kappa shape index (κ1) is 18.0. The highest BCUT2D eigenvalue weighted by molar-refractivity contribution is 6.02. The number of hydrogen-bond donors (Lipinski definition) is 2. The molecule has 0 aromatic heterocycles. The number of amidine groups is 1. The van der Waals surface area contributed by atoms with E-state index in [2.05, 4.69) is 21.7 Å².